The molecule has 1 unspecified atom stereocenters. The number of rotatable bonds is 7. The molecule has 0 aromatic heterocycles. The van der Waals surface area contributed by atoms with Crippen molar-refractivity contribution < 1.29 is 28.3 Å². The van der Waals surface area contributed by atoms with E-state index in [2.05, 4.69) is 0 Å². The Labute approximate surface area is 269 Å². The number of anilines is 2. The van der Waals surface area contributed by atoms with Gasteiger partial charge in [0.15, 0.2) is 0 Å². The zero-order valence-electron chi connectivity index (χ0n) is 26.6. The molecule has 0 radical (unpaired) electrons. The van der Waals surface area contributed by atoms with Gasteiger partial charge in [0.2, 0.25) is 14.3 Å². The standard InChI is InChI=1S/C37H39FN2O5Si/c1-22-35(44-2)29-18-26(40-30-14-8-12-23-11-7-13-28(34(23)30)37(40)43)15-16-31(29)45-36(22)32(46(3,4)38)19-33(42)39-20-25-10-6-5-9-24(25)17-27(39)21-41/h5-16,18,22,27,32,35-36,41H,17,19-21H2,1-4H3/t22-,27+,32?,35-,36-/m1/s1. The van der Waals surface area contributed by atoms with Crippen molar-refractivity contribution in [2.75, 3.05) is 18.6 Å². The molecule has 0 aliphatic carbocycles. The SMILES string of the molecule is CO[C@H]1c2cc(N3C(=O)c4cccc5cccc3c45)ccc2O[C@@H](C(CC(=O)N2Cc3ccccc3C[C@H]2CO)[Si](C)(C)F)[C@@H]1C. The summed E-state index contributed by atoms with van der Waals surface area (Å²) in [6.45, 7) is 5.48. The molecule has 7 nitrogen and oxygen atoms in total. The number of aliphatic hydroxyl groups excluding tert-OH is 1. The van der Waals surface area contributed by atoms with Crippen molar-refractivity contribution in [1.82, 2.24) is 4.90 Å². The predicted octanol–water partition coefficient (Wildman–Crippen LogP) is 7.10. The van der Waals surface area contributed by atoms with Crippen molar-refractivity contribution in [2.24, 2.45) is 5.92 Å². The number of hydrogen-bond acceptors (Lipinski definition) is 5. The number of nitrogens with zero attached hydrogens (tertiary/aromatic N) is 2. The Morgan fingerprint density at radius 3 is 2.52 bits per heavy atom. The van der Waals surface area contributed by atoms with E-state index in [1.54, 1.807) is 30.0 Å². The van der Waals surface area contributed by atoms with Crippen molar-refractivity contribution in [3.8, 4) is 5.75 Å². The third kappa shape index (κ3) is 5.01. The highest BCUT2D eigenvalue weighted by Gasteiger charge is 2.49. The fourth-order valence-corrected chi connectivity index (χ4v) is 9.59. The first-order valence-corrected chi connectivity index (χ1v) is 18.9. The highest BCUT2D eigenvalue weighted by Crippen LogP contribution is 2.50. The molecule has 2 amide bonds. The van der Waals surface area contributed by atoms with E-state index >= 15 is 4.11 Å². The van der Waals surface area contributed by atoms with Crippen molar-refractivity contribution in [1.29, 1.82) is 0 Å². The van der Waals surface area contributed by atoms with Crippen LogP contribution in [0.2, 0.25) is 18.6 Å². The molecule has 4 aromatic carbocycles. The number of halogens is 1. The minimum absolute atomic E-state index is 0.0161. The van der Waals surface area contributed by atoms with Gasteiger partial charge in [-0.15, -0.1) is 0 Å². The Morgan fingerprint density at radius 1 is 1.07 bits per heavy atom. The molecule has 3 heterocycles. The maximum atomic E-state index is 16.3. The van der Waals surface area contributed by atoms with Crippen molar-refractivity contribution in [2.45, 2.75) is 63.2 Å². The van der Waals surface area contributed by atoms with E-state index in [-0.39, 0.29) is 36.8 Å². The molecule has 7 rings (SSSR count). The van der Waals surface area contributed by atoms with E-state index in [1.807, 2.05) is 85.8 Å². The fourth-order valence-electron chi connectivity index (χ4n) is 7.77. The molecule has 1 N–H and O–H groups in total. The van der Waals surface area contributed by atoms with E-state index in [4.69, 9.17) is 9.47 Å². The summed E-state index contributed by atoms with van der Waals surface area (Å²) in [7, 11) is -1.83. The number of benzene rings is 4. The smallest absolute Gasteiger partial charge is 0.263 e. The molecule has 4 aromatic rings. The van der Waals surface area contributed by atoms with Gasteiger partial charge < -0.3 is 23.6 Å². The molecular weight excluding hydrogens is 600 g/mol. The van der Waals surface area contributed by atoms with Crippen LogP contribution in [0.3, 0.4) is 0 Å². The van der Waals surface area contributed by atoms with Crippen LogP contribution in [0.1, 0.15) is 46.5 Å². The van der Waals surface area contributed by atoms with Crippen molar-refractivity contribution in [3.05, 3.63) is 101 Å². The van der Waals surface area contributed by atoms with Crippen LogP contribution in [-0.4, -0.2) is 56.1 Å². The van der Waals surface area contributed by atoms with Gasteiger partial charge in [0.05, 0.1) is 30.0 Å². The maximum Gasteiger partial charge on any atom is 0.263 e. The second-order valence-corrected chi connectivity index (χ2v) is 17.2. The number of aliphatic hydroxyl groups is 1. The first-order valence-electron chi connectivity index (χ1n) is 16.0. The Balaban J connectivity index is 1.19. The van der Waals surface area contributed by atoms with Gasteiger partial charge in [-0.3, -0.25) is 14.5 Å². The second-order valence-electron chi connectivity index (χ2n) is 13.3. The minimum Gasteiger partial charge on any atom is -0.490 e. The van der Waals surface area contributed by atoms with Gasteiger partial charge in [-0.25, -0.2) is 0 Å². The topological polar surface area (TPSA) is 79.3 Å². The third-order valence-corrected chi connectivity index (χ3v) is 12.5. The first kappa shape index (κ1) is 30.6. The molecule has 3 aliphatic heterocycles. The van der Waals surface area contributed by atoms with Crippen LogP contribution in [0, 0.1) is 5.92 Å². The van der Waals surface area contributed by atoms with Gasteiger partial charge in [-0.05, 0) is 66.4 Å². The summed E-state index contributed by atoms with van der Waals surface area (Å²) in [5.41, 5.74) is 4.52. The summed E-state index contributed by atoms with van der Waals surface area (Å²) < 4.78 is 28.9. The number of ether oxygens (including phenoxy) is 2. The molecular formula is C37H39FN2O5Si. The van der Waals surface area contributed by atoms with Gasteiger partial charge in [0, 0.05) is 48.2 Å². The van der Waals surface area contributed by atoms with Crippen LogP contribution in [0.15, 0.2) is 78.9 Å². The Bertz CT molecular complexity index is 1840. The van der Waals surface area contributed by atoms with E-state index in [9.17, 15) is 14.7 Å². The molecule has 5 atom stereocenters. The Hall–Kier alpha value is -4.05. The highest BCUT2D eigenvalue weighted by atomic mass is 28.4. The minimum atomic E-state index is -3.46. The molecule has 0 saturated carbocycles. The molecule has 3 aliphatic rings. The third-order valence-electron chi connectivity index (χ3n) is 10.2. The Kier molecular flexibility index (Phi) is 7.74. The number of fused-ring (bicyclic) bond motifs is 2. The van der Waals surface area contributed by atoms with Crippen molar-refractivity contribution >= 4 is 42.4 Å². The lowest BCUT2D eigenvalue weighted by molar-refractivity contribution is -0.136. The van der Waals surface area contributed by atoms with Crippen LogP contribution in [0.4, 0.5) is 15.5 Å². The van der Waals surface area contributed by atoms with Gasteiger partial charge in [-0.2, -0.15) is 0 Å². The average molecular weight is 639 g/mol. The quantitative estimate of drug-likeness (QED) is 0.173. The molecule has 0 saturated heterocycles. The number of methoxy groups -OCH3 is 1. The number of amides is 2. The predicted molar refractivity (Wildman–Crippen MR) is 179 cm³/mol. The van der Waals surface area contributed by atoms with E-state index < -0.39 is 26.2 Å². The van der Waals surface area contributed by atoms with Gasteiger partial charge >= 0.3 is 0 Å². The lowest BCUT2D eigenvalue weighted by atomic mass is 9.86. The molecule has 0 spiro atoms. The van der Waals surface area contributed by atoms with E-state index in [0.717, 1.165) is 33.2 Å². The summed E-state index contributed by atoms with van der Waals surface area (Å²) in [5.74, 6) is 0.0215. The summed E-state index contributed by atoms with van der Waals surface area (Å²) in [5, 5.41) is 12.1. The zero-order chi connectivity index (χ0) is 32.3. The van der Waals surface area contributed by atoms with Crippen LogP contribution in [0.25, 0.3) is 10.8 Å². The maximum absolute atomic E-state index is 16.3. The van der Waals surface area contributed by atoms with Gasteiger partial charge in [0.1, 0.15) is 11.9 Å². The van der Waals surface area contributed by atoms with Crippen LogP contribution < -0.4 is 9.64 Å². The van der Waals surface area contributed by atoms with Crippen LogP contribution in [-0.2, 0) is 22.5 Å². The largest absolute Gasteiger partial charge is 0.490 e. The summed E-state index contributed by atoms with van der Waals surface area (Å²) in [6, 6.07) is 24.9. The second kappa shape index (κ2) is 11.6. The average Bonchev–Trinajstić information content (AvgIpc) is 3.34. The van der Waals surface area contributed by atoms with Gasteiger partial charge in [0.25, 0.3) is 5.91 Å². The van der Waals surface area contributed by atoms with E-state index in [0.29, 0.717) is 30.0 Å². The molecule has 238 valence electrons. The molecule has 46 heavy (non-hydrogen) atoms. The summed E-state index contributed by atoms with van der Waals surface area (Å²) >= 11 is 0. The lowest BCUT2D eigenvalue weighted by Gasteiger charge is -2.44. The molecule has 9 heteroatoms. The van der Waals surface area contributed by atoms with Crippen LogP contribution in [0.5, 0.6) is 5.75 Å². The van der Waals surface area contributed by atoms with Crippen LogP contribution >= 0.6 is 0 Å². The summed E-state index contributed by atoms with van der Waals surface area (Å²) in [4.78, 5) is 31.0. The zero-order valence-corrected chi connectivity index (χ0v) is 27.6. The summed E-state index contributed by atoms with van der Waals surface area (Å²) in [6.07, 6.45) is -0.491. The lowest BCUT2D eigenvalue weighted by Crippen LogP contribution is -2.50. The Morgan fingerprint density at radius 2 is 1.80 bits per heavy atom. The molecule has 0 bridgehead atoms. The first-order chi connectivity index (χ1) is 22.1. The number of carbonyl (C=O) groups excluding carboxylic acids is 2. The van der Waals surface area contributed by atoms with E-state index in [1.165, 1.54) is 0 Å². The monoisotopic (exact) mass is 638 g/mol. The normalized spacial score (nSPS) is 22.8. The fraction of sp³-hybridized carbons (Fsp3) is 0.351. The van der Waals surface area contributed by atoms with Crippen molar-refractivity contribution in [3.63, 3.8) is 0 Å². The molecule has 0 fully saturated rings. The highest BCUT2D eigenvalue weighted by molar-refractivity contribution is 6.72. The van der Waals surface area contributed by atoms with Gasteiger partial charge in [-0.1, -0.05) is 55.5 Å². The number of hydrogen-bond donors (Lipinski definition) is 1. The number of carbonyl (C=O) groups is 2.